The van der Waals surface area contributed by atoms with Gasteiger partial charge < -0.3 is 10.6 Å². The van der Waals surface area contributed by atoms with E-state index in [0.717, 1.165) is 25.3 Å². The molecule has 106 valence electrons. The van der Waals surface area contributed by atoms with E-state index in [4.69, 9.17) is 0 Å². The van der Waals surface area contributed by atoms with Crippen molar-refractivity contribution in [2.24, 2.45) is 5.92 Å². The quantitative estimate of drug-likeness (QED) is 0.733. The van der Waals surface area contributed by atoms with Gasteiger partial charge in [0.2, 0.25) is 5.91 Å². The van der Waals surface area contributed by atoms with Crippen molar-refractivity contribution in [3.05, 3.63) is 0 Å². The minimum Gasteiger partial charge on any atom is -0.352 e. The van der Waals surface area contributed by atoms with Crippen molar-refractivity contribution in [2.45, 2.75) is 77.8 Å². The molecule has 0 aliphatic heterocycles. The Bertz CT molecular complexity index is 237. The summed E-state index contributed by atoms with van der Waals surface area (Å²) in [7, 11) is 0. The van der Waals surface area contributed by atoms with Crippen LogP contribution < -0.4 is 10.6 Å². The average Bonchev–Trinajstić information content (AvgIpc) is 2.37. The predicted octanol–water partition coefficient (Wildman–Crippen LogP) is 2.85. The fourth-order valence-electron chi connectivity index (χ4n) is 2.70. The van der Waals surface area contributed by atoms with Crippen molar-refractivity contribution in [1.29, 1.82) is 0 Å². The highest BCUT2D eigenvalue weighted by atomic mass is 16.2. The van der Waals surface area contributed by atoms with E-state index in [-0.39, 0.29) is 11.9 Å². The highest BCUT2D eigenvalue weighted by molar-refractivity contribution is 5.81. The third-order valence-electron chi connectivity index (χ3n) is 3.94. The van der Waals surface area contributed by atoms with Crippen LogP contribution >= 0.6 is 0 Å². The van der Waals surface area contributed by atoms with Crippen molar-refractivity contribution in [2.75, 3.05) is 6.54 Å². The van der Waals surface area contributed by atoms with Gasteiger partial charge in [-0.15, -0.1) is 0 Å². The Kier molecular flexibility index (Phi) is 7.33. The van der Waals surface area contributed by atoms with Gasteiger partial charge in [-0.3, -0.25) is 4.79 Å². The van der Waals surface area contributed by atoms with Crippen molar-refractivity contribution in [3.63, 3.8) is 0 Å². The van der Waals surface area contributed by atoms with Crippen LogP contribution in [0.2, 0.25) is 0 Å². The molecule has 0 bridgehead atoms. The molecule has 2 unspecified atom stereocenters. The SMILES string of the molecule is CCCC(C)NC(=O)C(C)NCC1CCCCC1. The summed E-state index contributed by atoms with van der Waals surface area (Å²) in [5.74, 6) is 0.925. The number of hydrogen-bond acceptors (Lipinski definition) is 2. The summed E-state index contributed by atoms with van der Waals surface area (Å²) in [6.45, 7) is 7.19. The maximum atomic E-state index is 11.9. The van der Waals surface area contributed by atoms with Crippen LogP contribution in [0.25, 0.3) is 0 Å². The summed E-state index contributed by atoms with van der Waals surface area (Å²) < 4.78 is 0. The first kappa shape index (κ1) is 15.5. The lowest BCUT2D eigenvalue weighted by Crippen LogP contribution is -2.46. The van der Waals surface area contributed by atoms with Crippen molar-refractivity contribution >= 4 is 5.91 Å². The maximum Gasteiger partial charge on any atom is 0.237 e. The fourth-order valence-corrected chi connectivity index (χ4v) is 2.70. The molecule has 0 aromatic carbocycles. The van der Waals surface area contributed by atoms with Gasteiger partial charge in [0.15, 0.2) is 0 Å². The molecule has 1 aliphatic carbocycles. The molecule has 0 aromatic rings. The summed E-state index contributed by atoms with van der Waals surface area (Å²) in [5.41, 5.74) is 0. The molecule has 2 atom stereocenters. The Morgan fingerprint density at radius 2 is 1.89 bits per heavy atom. The second kappa shape index (κ2) is 8.52. The van der Waals surface area contributed by atoms with Crippen LogP contribution in [-0.2, 0) is 4.79 Å². The van der Waals surface area contributed by atoms with Crippen LogP contribution in [0.15, 0.2) is 0 Å². The van der Waals surface area contributed by atoms with Gasteiger partial charge in [-0.25, -0.2) is 0 Å². The molecule has 1 fully saturated rings. The number of carbonyl (C=O) groups is 1. The second-order valence-corrected chi connectivity index (χ2v) is 5.83. The van der Waals surface area contributed by atoms with Gasteiger partial charge in [-0.05, 0) is 45.6 Å². The lowest BCUT2D eigenvalue weighted by Gasteiger charge is -2.24. The van der Waals surface area contributed by atoms with Crippen molar-refractivity contribution in [1.82, 2.24) is 10.6 Å². The molecule has 0 spiro atoms. The Labute approximate surface area is 112 Å². The first-order valence-corrected chi connectivity index (χ1v) is 7.67. The zero-order chi connectivity index (χ0) is 13.4. The fraction of sp³-hybridized carbons (Fsp3) is 0.933. The van der Waals surface area contributed by atoms with Gasteiger partial charge in [0, 0.05) is 6.04 Å². The van der Waals surface area contributed by atoms with Gasteiger partial charge in [0.05, 0.1) is 6.04 Å². The van der Waals surface area contributed by atoms with Gasteiger partial charge in [-0.2, -0.15) is 0 Å². The first-order valence-electron chi connectivity index (χ1n) is 7.67. The lowest BCUT2D eigenvalue weighted by molar-refractivity contribution is -0.123. The molecule has 1 saturated carbocycles. The van der Waals surface area contributed by atoms with Crippen LogP contribution in [0.4, 0.5) is 0 Å². The van der Waals surface area contributed by atoms with Gasteiger partial charge in [0.25, 0.3) is 0 Å². The Hall–Kier alpha value is -0.570. The summed E-state index contributed by atoms with van der Waals surface area (Å²) in [6, 6.07) is 0.229. The van der Waals surface area contributed by atoms with E-state index < -0.39 is 0 Å². The Balaban J connectivity index is 2.18. The molecular weight excluding hydrogens is 224 g/mol. The van der Waals surface area contributed by atoms with Gasteiger partial charge in [-0.1, -0.05) is 32.6 Å². The van der Waals surface area contributed by atoms with Crippen molar-refractivity contribution < 1.29 is 4.79 Å². The van der Waals surface area contributed by atoms with Crippen LogP contribution in [0.1, 0.15) is 65.7 Å². The normalized spacial score (nSPS) is 20.4. The molecule has 0 radical (unpaired) electrons. The molecule has 0 heterocycles. The number of carbonyl (C=O) groups excluding carboxylic acids is 1. The van der Waals surface area contributed by atoms with Crippen LogP contribution in [0, 0.1) is 5.92 Å². The molecular formula is C15H30N2O. The van der Waals surface area contributed by atoms with E-state index in [0.29, 0.717) is 6.04 Å². The molecule has 0 saturated heterocycles. The average molecular weight is 254 g/mol. The molecule has 1 rings (SSSR count). The zero-order valence-corrected chi connectivity index (χ0v) is 12.3. The molecule has 0 aromatic heterocycles. The second-order valence-electron chi connectivity index (χ2n) is 5.83. The molecule has 3 nitrogen and oxygen atoms in total. The third-order valence-corrected chi connectivity index (χ3v) is 3.94. The highest BCUT2D eigenvalue weighted by Crippen LogP contribution is 2.22. The zero-order valence-electron chi connectivity index (χ0n) is 12.3. The molecule has 18 heavy (non-hydrogen) atoms. The molecule has 3 heteroatoms. The summed E-state index contributed by atoms with van der Waals surface area (Å²) in [6.07, 6.45) is 8.94. The number of nitrogens with one attached hydrogen (secondary N) is 2. The standard InChI is InChI=1S/C15H30N2O/c1-4-8-12(2)17-15(18)13(3)16-11-14-9-6-5-7-10-14/h12-14,16H,4-11H2,1-3H3,(H,17,18). The van der Waals surface area contributed by atoms with Crippen LogP contribution in [0.5, 0.6) is 0 Å². The monoisotopic (exact) mass is 254 g/mol. The van der Waals surface area contributed by atoms with Crippen LogP contribution in [0.3, 0.4) is 0 Å². The number of rotatable bonds is 7. The van der Waals surface area contributed by atoms with Gasteiger partial charge in [0.1, 0.15) is 0 Å². The minimum absolute atomic E-state index is 0.0637. The van der Waals surface area contributed by atoms with E-state index in [2.05, 4.69) is 24.5 Å². The third kappa shape index (κ3) is 5.85. The molecule has 2 N–H and O–H groups in total. The molecule has 1 amide bonds. The number of amides is 1. The molecule has 1 aliphatic rings. The van der Waals surface area contributed by atoms with Crippen LogP contribution in [-0.4, -0.2) is 24.5 Å². The number of hydrogen-bond donors (Lipinski definition) is 2. The van der Waals surface area contributed by atoms with E-state index in [1.54, 1.807) is 0 Å². The highest BCUT2D eigenvalue weighted by Gasteiger charge is 2.18. The Morgan fingerprint density at radius 3 is 2.50 bits per heavy atom. The largest absolute Gasteiger partial charge is 0.352 e. The first-order chi connectivity index (χ1) is 8.63. The minimum atomic E-state index is -0.0637. The van der Waals surface area contributed by atoms with E-state index in [9.17, 15) is 4.79 Å². The summed E-state index contributed by atoms with van der Waals surface area (Å²) >= 11 is 0. The lowest BCUT2D eigenvalue weighted by atomic mass is 9.89. The summed E-state index contributed by atoms with van der Waals surface area (Å²) in [4.78, 5) is 11.9. The smallest absolute Gasteiger partial charge is 0.237 e. The maximum absolute atomic E-state index is 11.9. The van der Waals surface area contributed by atoms with E-state index in [1.807, 2.05) is 6.92 Å². The van der Waals surface area contributed by atoms with Crippen molar-refractivity contribution in [3.8, 4) is 0 Å². The summed E-state index contributed by atoms with van der Waals surface area (Å²) in [5, 5.41) is 6.45. The topological polar surface area (TPSA) is 41.1 Å². The van der Waals surface area contributed by atoms with E-state index in [1.165, 1.54) is 32.1 Å². The Morgan fingerprint density at radius 1 is 1.22 bits per heavy atom. The van der Waals surface area contributed by atoms with E-state index >= 15 is 0 Å². The predicted molar refractivity (Wildman–Crippen MR) is 76.6 cm³/mol. The van der Waals surface area contributed by atoms with Gasteiger partial charge >= 0.3 is 0 Å².